The predicted molar refractivity (Wildman–Crippen MR) is 158 cm³/mol. The number of sulfonamides is 1. The van der Waals surface area contributed by atoms with Crippen molar-refractivity contribution in [3.8, 4) is 0 Å². The van der Waals surface area contributed by atoms with Crippen LogP contribution >= 0.6 is 0 Å². The topological polar surface area (TPSA) is 92.9 Å². The Morgan fingerprint density at radius 3 is 2.08 bits per heavy atom. The smallest absolute Gasteiger partial charge is 0.241 e. The minimum absolute atomic E-state index is 0.0964. The van der Waals surface area contributed by atoms with Crippen LogP contribution in [-0.2, 0) is 19.6 Å². The van der Waals surface area contributed by atoms with Crippen molar-refractivity contribution in [2.24, 2.45) is 11.1 Å². The van der Waals surface area contributed by atoms with Crippen molar-refractivity contribution in [3.63, 3.8) is 0 Å². The van der Waals surface area contributed by atoms with Gasteiger partial charge in [0, 0.05) is 33.1 Å². The van der Waals surface area contributed by atoms with Gasteiger partial charge >= 0.3 is 0 Å². The summed E-state index contributed by atoms with van der Waals surface area (Å²) in [7, 11) is -2.32. The van der Waals surface area contributed by atoms with Crippen molar-refractivity contribution in [3.05, 3.63) is 46.9 Å². The first kappa shape index (κ1) is 37.1. The number of rotatable bonds is 14. The van der Waals surface area contributed by atoms with Crippen LogP contribution in [0.1, 0.15) is 100 Å². The van der Waals surface area contributed by atoms with Gasteiger partial charge in [-0.15, -0.1) is 6.58 Å². The van der Waals surface area contributed by atoms with Crippen LogP contribution in [0.5, 0.6) is 0 Å². The normalized spacial score (nSPS) is 15.5. The van der Waals surface area contributed by atoms with Crippen LogP contribution in [-0.4, -0.2) is 50.8 Å². The fourth-order valence-corrected chi connectivity index (χ4v) is 4.31. The Labute approximate surface area is 228 Å². The second-order valence-corrected chi connectivity index (χ2v) is 10.3. The molecular weight excluding hydrogens is 486 g/mol. The van der Waals surface area contributed by atoms with Gasteiger partial charge < -0.3 is 14.5 Å². The average Bonchev–Trinajstić information content (AvgIpc) is 2.89. The molecule has 0 fully saturated rings. The Hall–Kier alpha value is -2.06. The molecule has 0 aliphatic heterocycles. The summed E-state index contributed by atoms with van der Waals surface area (Å²) >= 11 is 0. The van der Waals surface area contributed by atoms with Gasteiger partial charge in [-0.2, -0.15) is 0 Å². The molecular formula is C29H55N3O4S. The Kier molecular flexibility index (Phi) is 21.0. The van der Waals surface area contributed by atoms with Crippen LogP contribution in [0.2, 0.25) is 0 Å². The van der Waals surface area contributed by atoms with Gasteiger partial charge in [-0.1, -0.05) is 60.5 Å². The fraction of sp³-hybridized carbons (Fsp3) is 0.690. The van der Waals surface area contributed by atoms with E-state index < -0.39 is 15.9 Å². The standard InChI is InChI=1S/C23H41N3O4S.C4H8.C2H6/c1-7-11-14-25(6)23(27)19-16-20(26(13-9-3)15-12-8-2)22(30-18(5)10-4)21(17-19)31(24,28)29;1-3-4-2;1-2/h10,17,19H,7-9,11-16H2,1-6H3,(H2,24,28,29);3H,1,4H2,2H3;1-2H3/b18-10+;;. The Bertz CT molecular complexity index is 860. The lowest BCUT2D eigenvalue weighted by molar-refractivity contribution is -0.132. The third kappa shape index (κ3) is 13.9. The molecule has 1 atom stereocenters. The van der Waals surface area contributed by atoms with E-state index in [0.717, 1.165) is 57.3 Å². The average molecular weight is 542 g/mol. The molecule has 0 bridgehead atoms. The number of nitrogens with zero attached hydrogens (tertiary/aromatic N) is 2. The Morgan fingerprint density at radius 1 is 1.11 bits per heavy atom. The maximum atomic E-state index is 13.2. The van der Waals surface area contributed by atoms with E-state index in [4.69, 9.17) is 9.88 Å². The molecule has 0 saturated carbocycles. The lowest BCUT2D eigenvalue weighted by atomic mass is 9.94. The summed E-state index contributed by atoms with van der Waals surface area (Å²) in [5, 5.41) is 5.60. The molecule has 0 radical (unpaired) electrons. The van der Waals surface area contributed by atoms with Crippen molar-refractivity contribution in [1.29, 1.82) is 0 Å². The number of primary sulfonamides is 1. The monoisotopic (exact) mass is 541 g/mol. The first-order chi connectivity index (χ1) is 17.5. The summed E-state index contributed by atoms with van der Waals surface area (Å²) in [6.45, 7) is 21.6. The molecule has 0 saturated heterocycles. The van der Waals surface area contributed by atoms with Crippen LogP contribution in [0.15, 0.2) is 46.9 Å². The van der Waals surface area contributed by atoms with Gasteiger partial charge in [-0.3, -0.25) is 4.79 Å². The van der Waals surface area contributed by atoms with Crippen molar-refractivity contribution in [2.75, 3.05) is 26.7 Å². The van der Waals surface area contributed by atoms with Gasteiger partial charge in [0.1, 0.15) is 4.91 Å². The minimum atomic E-state index is -4.09. The van der Waals surface area contributed by atoms with E-state index >= 15 is 0 Å². The van der Waals surface area contributed by atoms with Gasteiger partial charge in [0.15, 0.2) is 5.76 Å². The predicted octanol–water partition coefficient (Wildman–Crippen LogP) is 6.71. The third-order valence-electron chi connectivity index (χ3n) is 5.71. The van der Waals surface area contributed by atoms with E-state index in [9.17, 15) is 13.2 Å². The Morgan fingerprint density at radius 2 is 1.65 bits per heavy atom. The highest BCUT2D eigenvalue weighted by molar-refractivity contribution is 7.93. The highest BCUT2D eigenvalue weighted by Gasteiger charge is 2.36. The summed E-state index contributed by atoms with van der Waals surface area (Å²) in [6, 6.07) is 0. The zero-order chi connectivity index (χ0) is 29.0. The number of hydrogen-bond donors (Lipinski definition) is 1. The van der Waals surface area contributed by atoms with Crippen molar-refractivity contribution < 1.29 is 17.9 Å². The quantitative estimate of drug-likeness (QED) is 0.195. The van der Waals surface area contributed by atoms with Crippen LogP contribution in [0, 0.1) is 5.92 Å². The summed E-state index contributed by atoms with van der Waals surface area (Å²) in [6.07, 6.45) is 11.4. The number of nitrogens with two attached hydrogens (primary N) is 1. The fourth-order valence-electron chi connectivity index (χ4n) is 3.53. The second-order valence-electron chi connectivity index (χ2n) is 8.81. The summed E-state index contributed by atoms with van der Waals surface area (Å²) in [4.78, 5) is 16.9. The van der Waals surface area contributed by atoms with Gasteiger partial charge in [0.05, 0.1) is 17.4 Å². The molecule has 216 valence electrons. The van der Waals surface area contributed by atoms with E-state index in [1.165, 1.54) is 6.08 Å². The van der Waals surface area contributed by atoms with Crippen LogP contribution in [0.3, 0.4) is 0 Å². The molecule has 37 heavy (non-hydrogen) atoms. The highest BCUT2D eigenvalue weighted by Crippen LogP contribution is 2.36. The molecule has 0 spiro atoms. The number of carbonyl (C=O) groups is 1. The van der Waals surface area contributed by atoms with Crippen LogP contribution in [0.4, 0.5) is 0 Å². The lowest BCUT2D eigenvalue weighted by Gasteiger charge is -2.35. The summed E-state index contributed by atoms with van der Waals surface area (Å²) in [5.41, 5.74) is 0.741. The molecule has 0 aromatic rings. The molecule has 0 heterocycles. The minimum Gasteiger partial charge on any atom is -0.459 e. The van der Waals surface area contributed by atoms with E-state index in [1.807, 2.05) is 26.8 Å². The van der Waals surface area contributed by atoms with Crippen molar-refractivity contribution >= 4 is 15.9 Å². The molecule has 0 aromatic carbocycles. The number of ether oxygens (including phenoxy) is 1. The maximum Gasteiger partial charge on any atom is 0.241 e. The van der Waals surface area contributed by atoms with E-state index in [-0.39, 0.29) is 16.6 Å². The zero-order valence-electron chi connectivity index (χ0n) is 25.1. The third-order valence-corrected chi connectivity index (χ3v) is 6.65. The number of amides is 1. The highest BCUT2D eigenvalue weighted by atomic mass is 32.2. The maximum absolute atomic E-state index is 13.2. The zero-order valence-corrected chi connectivity index (χ0v) is 25.9. The number of hydrogen-bond acceptors (Lipinski definition) is 5. The molecule has 7 nitrogen and oxygen atoms in total. The first-order valence-electron chi connectivity index (χ1n) is 13.9. The molecule has 1 aliphatic rings. The number of carbonyl (C=O) groups excluding carboxylic acids is 1. The van der Waals surface area contributed by atoms with Gasteiger partial charge in [-0.25, -0.2) is 13.6 Å². The van der Waals surface area contributed by atoms with Gasteiger partial charge in [0.25, 0.3) is 0 Å². The molecule has 1 unspecified atom stereocenters. The van der Waals surface area contributed by atoms with Crippen molar-refractivity contribution in [1.82, 2.24) is 9.80 Å². The van der Waals surface area contributed by atoms with E-state index in [0.29, 0.717) is 18.7 Å². The number of allylic oxidation sites excluding steroid dienone is 4. The van der Waals surface area contributed by atoms with Crippen LogP contribution < -0.4 is 5.14 Å². The van der Waals surface area contributed by atoms with Crippen LogP contribution in [0.25, 0.3) is 0 Å². The van der Waals surface area contributed by atoms with E-state index in [2.05, 4.69) is 39.2 Å². The lowest BCUT2D eigenvalue weighted by Crippen LogP contribution is -2.38. The number of unbranched alkanes of at least 4 members (excludes halogenated alkanes) is 2. The largest absolute Gasteiger partial charge is 0.459 e. The van der Waals surface area contributed by atoms with Crippen molar-refractivity contribution in [2.45, 2.75) is 100 Å². The molecule has 2 N–H and O–H groups in total. The van der Waals surface area contributed by atoms with E-state index in [1.54, 1.807) is 24.9 Å². The molecule has 1 aliphatic carbocycles. The SMILES string of the molecule is C/C=C(\C)OC1=C(N(CCC)CCCC)CC(C(=O)N(C)CCCC)C=C1S(N)(=O)=O.C=CCC.CC. The first-order valence-corrected chi connectivity index (χ1v) is 15.5. The second kappa shape index (κ2) is 20.9. The molecule has 1 amide bonds. The summed E-state index contributed by atoms with van der Waals surface area (Å²) in [5.74, 6) is 0.145. The molecule has 8 heteroatoms. The Balaban J connectivity index is 0. The summed E-state index contributed by atoms with van der Waals surface area (Å²) < 4.78 is 31.1. The van der Waals surface area contributed by atoms with Gasteiger partial charge in [0.2, 0.25) is 15.9 Å². The molecule has 1 rings (SSSR count). The van der Waals surface area contributed by atoms with Gasteiger partial charge in [-0.05, 0) is 51.7 Å². The molecule has 0 aromatic heterocycles.